The zero-order chi connectivity index (χ0) is 21.9. The van der Waals surface area contributed by atoms with Crippen LogP contribution >= 0.6 is 0 Å². The minimum absolute atomic E-state index is 0.237. The van der Waals surface area contributed by atoms with E-state index in [1.807, 2.05) is 12.1 Å². The van der Waals surface area contributed by atoms with Crippen LogP contribution in [-0.2, 0) is 4.74 Å². The van der Waals surface area contributed by atoms with Crippen LogP contribution in [0.3, 0.4) is 0 Å². The summed E-state index contributed by atoms with van der Waals surface area (Å²) in [5.41, 5.74) is 3.57. The van der Waals surface area contributed by atoms with Crippen LogP contribution in [-0.4, -0.2) is 42.6 Å². The van der Waals surface area contributed by atoms with Crippen molar-refractivity contribution < 1.29 is 9.47 Å². The molecule has 1 fully saturated rings. The lowest BCUT2D eigenvalue weighted by atomic mass is 10.2. The summed E-state index contributed by atoms with van der Waals surface area (Å²) in [6.45, 7) is 4.81. The van der Waals surface area contributed by atoms with Crippen LogP contribution in [0.2, 0.25) is 0 Å². The van der Waals surface area contributed by atoms with Crippen molar-refractivity contribution >= 4 is 23.0 Å². The van der Waals surface area contributed by atoms with Crippen LogP contribution in [0.25, 0.3) is 0 Å². The first kappa shape index (κ1) is 19.9. The van der Waals surface area contributed by atoms with Crippen molar-refractivity contribution in [2.24, 2.45) is 0 Å². The smallest absolute Gasteiger partial charge is 0.326 e. The van der Waals surface area contributed by atoms with Gasteiger partial charge in [-0.2, -0.15) is 15.2 Å². The molecule has 2 aromatic carbocycles. The number of hydrogen-bond acceptors (Lipinski definition) is 9. The topological polar surface area (TPSA) is 107 Å². The van der Waals surface area contributed by atoms with Crippen molar-refractivity contribution in [2.45, 2.75) is 13.2 Å². The monoisotopic (exact) mass is 429 g/mol. The highest BCUT2D eigenvalue weighted by molar-refractivity contribution is 5.83. The van der Waals surface area contributed by atoms with Crippen LogP contribution in [0.5, 0.6) is 11.8 Å². The normalized spacial score (nSPS) is 17.0. The second-order valence-electron chi connectivity index (χ2n) is 7.63. The van der Waals surface area contributed by atoms with E-state index < -0.39 is 0 Å². The van der Waals surface area contributed by atoms with Crippen LogP contribution in [0, 0.1) is 18.3 Å². The molecule has 9 heteroatoms. The number of ether oxygens (including phenoxy) is 2. The molecule has 0 spiro atoms. The number of morpholine rings is 1. The lowest BCUT2D eigenvalue weighted by Crippen LogP contribution is -2.37. The number of rotatable bonds is 5. The Morgan fingerprint density at radius 1 is 1.12 bits per heavy atom. The van der Waals surface area contributed by atoms with Gasteiger partial charge < -0.3 is 30.3 Å². The van der Waals surface area contributed by atoms with Crippen molar-refractivity contribution in [1.29, 1.82) is 5.26 Å². The maximum absolute atomic E-state index is 9.00. The molecule has 3 N–H and O–H groups in total. The molecule has 0 bridgehead atoms. The van der Waals surface area contributed by atoms with Crippen molar-refractivity contribution in [2.75, 3.05) is 47.2 Å². The van der Waals surface area contributed by atoms with Crippen molar-refractivity contribution in [3.8, 4) is 17.8 Å². The highest BCUT2D eigenvalue weighted by Crippen LogP contribution is 2.38. The first-order valence-electron chi connectivity index (χ1n) is 10.5. The Kier molecular flexibility index (Phi) is 5.35. The third-order valence-corrected chi connectivity index (χ3v) is 5.27. The summed E-state index contributed by atoms with van der Waals surface area (Å²) in [5, 5.41) is 19.3. The van der Waals surface area contributed by atoms with Gasteiger partial charge in [0.1, 0.15) is 11.4 Å². The van der Waals surface area contributed by atoms with Gasteiger partial charge >= 0.3 is 6.01 Å². The van der Waals surface area contributed by atoms with E-state index >= 15 is 0 Å². The number of nitriles is 1. The van der Waals surface area contributed by atoms with Gasteiger partial charge in [-0.15, -0.1) is 0 Å². The summed E-state index contributed by atoms with van der Waals surface area (Å²) in [6, 6.07) is 17.4. The van der Waals surface area contributed by atoms with Crippen LogP contribution < -0.4 is 25.6 Å². The van der Waals surface area contributed by atoms with Gasteiger partial charge in [-0.25, -0.2) is 0 Å². The summed E-state index contributed by atoms with van der Waals surface area (Å²) in [5.74, 6) is 2.00. The Morgan fingerprint density at radius 3 is 2.69 bits per heavy atom. The molecule has 1 unspecified atom stereocenters. The van der Waals surface area contributed by atoms with Gasteiger partial charge in [-0.3, -0.25) is 0 Å². The van der Waals surface area contributed by atoms with Crippen molar-refractivity contribution in [3.05, 3.63) is 59.7 Å². The molecule has 0 aliphatic carbocycles. The third-order valence-electron chi connectivity index (χ3n) is 5.27. The quantitative estimate of drug-likeness (QED) is 0.561. The van der Waals surface area contributed by atoms with Crippen LogP contribution in [0.4, 0.5) is 23.0 Å². The summed E-state index contributed by atoms with van der Waals surface area (Å²) in [6.07, 6.45) is -0.244. The molecule has 0 amide bonds. The molecule has 1 atom stereocenters. The van der Waals surface area contributed by atoms with E-state index in [9.17, 15) is 0 Å². The fraction of sp³-hybridized carbons (Fsp3) is 0.261. The average molecular weight is 429 g/mol. The molecule has 5 rings (SSSR count). The molecule has 3 aromatic rings. The number of anilines is 4. The van der Waals surface area contributed by atoms with E-state index in [0.717, 1.165) is 30.3 Å². The number of nitrogens with zero attached hydrogens (tertiary/aromatic N) is 4. The Bertz CT molecular complexity index is 1150. The number of nitrogens with one attached hydrogen (secondary N) is 3. The third kappa shape index (κ3) is 4.22. The molecule has 1 saturated heterocycles. The SMILES string of the molecule is Cc1cccc(NC2Nc3nc(Oc4ccc(C#N)cc4)nc(N4CCOCC4)c3N2)c1. The zero-order valence-corrected chi connectivity index (χ0v) is 17.6. The Labute approximate surface area is 186 Å². The van der Waals surface area contributed by atoms with Crippen molar-refractivity contribution in [3.63, 3.8) is 0 Å². The second-order valence-corrected chi connectivity index (χ2v) is 7.63. The van der Waals surface area contributed by atoms with Crippen molar-refractivity contribution in [1.82, 2.24) is 9.97 Å². The molecule has 0 saturated carbocycles. The number of fused-ring (bicyclic) bond motifs is 1. The van der Waals surface area contributed by atoms with Gasteiger partial charge in [0.2, 0.25) is 0 Å². The molecule has 2 aliphatic rings. The molecule has 1 aromatic heterocycles. The number of aryl methyl sites for hydroxylation is 1. The minimum atomic E-state index is -0.244. The Balaban J connectivity index is 1.42. The van der Waals surface area contributed by atoms with E-state index in [-0.39, 0.29) is 12.3 Å². The fourth-order valence-electron chi connectivity index (χ4n) is 3.71. The predicted molar refractivity (Wildman–Crippen MR) is 122 cm³/mol. The molecular weight excluding hydrogens is 406 g/mol. The molecule has 2 aliphatic heterocycles. The van der Waals surface area contributed by atoms with E-state index in [2.05, 4.69) is 51.0 Å². The summed E-state index contributed by atoms with van der Waals surface area (Å²) >= 11 is 0. The number of benzene rings is 2. The molecule has 9 nitrogen and oxygen atoms in total. The van der Waals surface area contributed by atoms with Gasteiger partial charge in [0, 0.05) is 18.8 Å². The van der Waals surface area contributed by atoms with E-state index in [1.165, 1.54) is 5.56 Å². The molecule has 3 heterocycles. The maximum atomic E-state index is 9.00. The lowest BCUT2D eigenvalue weighted by molar-refractivity contribution is 0.122. The average Bonchev–Trinajstić information content (AvgIpc) is 3.22. The predicted octanol–water partition coefficient (Wildman–Crippen LogP) is 3.52. The number of hydrogen-bond donors (Lipinski definition) is 3. The largest absolute Gasteiger partial charge is 0.424 e. The Morgan fingerprint density at radius 2 is 1.94 bits per heavy atom. The first-order chi connectivity index (χ1) is 15.7. The van der Waals surface area contributed by atoms with Gasteiger partial charge in [-0.05, 0) is 48.9 Å². The second kappa shape index (κ2) is 8.61. The Hall–Kier alpha value is -4.03. The van der Waals surface area contributed by atoms with Gasteiger partial charge in [0.15, 0.2) is 17.9 Å². The van der Waals surface area contributed by atoms with E-state index in [4.69, 9.17) is 19.7 Å². The summed E-state index contributed by atoms with van der Waals surface area (Å²) in [4.78, 5) is 11.5. The standard InChI is InChI=1S/C23H23N7O2/c1-15-3-2-4-17(13-15)25-22-26-19-20(27-22)28-23(29-21(19)30-9-11-31-12-10-30)32-18-7-5-16(14-24)6-8-18/h2-8,13,22,25-26H,9-12H2,1H3,(H,27,28,29). The molecule has 0 radical (unpaired) electrons. The van der Waals surface area contributed by atoms with Crippen LogP contribution in [0.15, 0.2) is 48.5 Å². The summed E-state index contributed by atoms with van der Waals surface area (Å²) < 4.78 is 11.4. The van der Waals surface area contributed by atoms with Gasteiger partial charge in [0.25, 0.3) is 0 Å². The van der Waals surface area contributed by atoms with E-state index in [1.54, 1.807) is 24.3 Å². The summed E-state index contributed by atoms with van der Waals surface area (Å²) in [7, 11) is 0. The zero-order valence-electron chi connectivity index (χ0n) is 17.6. The van der Waals surface area contributed by atoms with Gasteiger partial charge in [-0.1, -0.05) is 12.1 Å². The van der Waals surface area contributed by atoms with E-state index in [0.29, 0.717) is 30.3 Å². The highest BCUT2D eigenvalue weighted by Gasteiger charge is 2.29. The molecule has 32 heavy (non-hydrogen) atoms. The number of aromatic nitrogens is 2. The lowest BCUT2D eigenvalue weighted by Gasteiger charge is -2.29. The van der Waals surface area contributed by atoms with Crippen LogP contribution in [0.1, 0.15) is 11.1 Å². The molecule has 162 valence electrons. The van der Waals surface area contributed by atoms with Gasteiger partial charge in [0.05, 0.1) is 24.8 Å². The maximum Gasteiger partial charge on any atom is 0.326 e. The first-order valence-corrected chi connectivity index (χ1v) is 10.5. The highest BCUT2D eigenvalue weighted by atomic mass is 16.5. The fourth-order valence-corrected chi connectivity index (χ4v) is 3.71. The minimum Gasteiger partial charge on any atom is -0.424 e. The molecular formula is C23H23N7O2.